The topological polar surface area (TPSA) is 42.8 Å². The van der Waals surface area contributed by atoms with E-state index in [9.17, 15) is 4.79 Å². The highest BCUT2D eigenvalue weighted by Crippen LogP contribution is 2.11. The van der Waals surface area contributed by atoms with Gasteiger partial charge in [0.05, 0.1) is 14.2 Å². The Morgan fingerprint density at radius 3 is 2.83 bits per heavy atom. The van der Waals surface area contributed by atoms with E-state index in [0.29, 0.717) is 6.54 Å². The Bertz CT molecular complexity index is 393. The number of hydrogen-bond donors (Lipinski definition) is 2. The molecular weight excluding hydrogens is 228 g/mol. The summed E-state index contributed by atoms with van der Waals surface area (Å²) in [6.07, 6.45) is 0. The molecule has 1 aromatic carbocycles. The fourth-order valence-electron chi connectivity index (χ4n) is 1.81. The van der Waals surface area contributed by atoms with E-state index >= 15 is 0 Å². The zero-order valence-electron chi connectivity index (χ0n) is 11.6. The number of benzene rings is 1. The van der Waals surface area contributed by atoms with Crippen LogP contribution in [0.3, 0.4) is 0 Å². The number of rotatable bonds is 6. The lowest BCUT2D eigenvalue weighted by atomic mass is 10.1. The standard InChI is InChI=1S/C14H22N2O2/c1-5-15-14(17)11(2)16(3)10-12-7-6-8-13(9-12)18-4/h6-9,11H,5,10H2,1-4H3,(H,15,17)/p+1/t11-/m0/s1. The number of quaternary nitrogens is 1. The molecule has 1 amide bonds. The first-order valence-electron chi connectivity index (χ1n) is 6.31. The number of likely N-dealkylation sites (N-methyl/N-ethyl adjacent to an activating group) is 2. The van der Waals surface area contributed by atoms with Gasteiger partial charge >= 0.3 is 0 Å². The van der Waals surface area contributed by atoms with Gasteiger partial charge in [0.25, 0.3) is 5.91 Å². The van der Waals surface area contributed by atoms with Crippen LogP contribution in [0.15, 0.2) is 24.3 Å². The number of methoxy groups -OCH3 is 1. The van der Waals surface area contributed by atoms with Crippen molar-refractivity contribution >= 4 is 5.91 Å². The summed E-state index contributed by atoms with van der Waals surface area (Å²) < 4.78 is 5.19. The molecule has 1 unspecified atom stereocenters. The Morgan fingerprint density at radius 1 is 1.50 bits per heavy atom. The van der Waals surface area contributed by atoms with Gasteiger partial charge in [-0.05, 0) is 26.0 Å². The molecule has 0 fully saturated rings. The summed E-state index contributed by atoms with van der Waals surface area (Å²) in [5.74, 6) is 0.948. The van der Waals surface area contributed by atoms with E-state index in [2.05, 4.69) is 11.4 Å². The monoisotopic (exact) mass is 251 g/mol. The highest BCUT2D eigenvalue weighted by Gasteiger charge is 2.21. The molecule has 0 saturated carbocycles. The zero-order chi connectivity index (χ0) is 13.5. The molecular formula is C14H23N2O2+. The van der Waals surface area contributed by atoms with Crippen molar-refractivity contribution in [2.45, 2.75) is 26.4 Å². The third-order valence-electron chi connectivity index (χ3n) is 3.10. The van der Waals surface area contributed by atoms with Crippen molar-refractivity contribution in [3.8, 4) is 5.75 Å². The minimum atomic E-state index is -0.0591. The maximum absolute atomic E-state index is 11.7. The molecule has 2 N–H and O–H groups in total. The van der Waals surface area contributed by atoms with Crippen molar-refractivity contribution in [1.82, 2.24) is 5.32 Å². The van der Waals surface area contributed by atoms with Gasteiger partial charge < -0.3 is 15.0 Å². The average molecular weight is 251 g/mol. The summed E-state index contributed by atoms with van der Waals surface area (Å²) in [5, 5.41) is 2.85. The van der Waals surface area contributed by atoms with E-state index in [4.69, 9.17) is 4.74 Å². The van der Waals surface area contributed by atoms with E-state index in [0.717, 1.165) is 17.2 Å². The highest BCUT2D eigenvalue weighted by atomic mass is 16.5. The average Bonchev–Trinajstić information content (AvgIpc) is 2.38. The van der Waals surface area contributed by atoms with Gasteiger partial charge in [0, 0.05) is 12.1 Å². The molecule has 18 heavy (non-hydrogen) atoms. The Labute approximate surface area is 109 Å². The number of ether oxygens (including phenoxy) is 1. The summed E-state index contributed by atoms with van der Waals surface area (Å²) >= 11 is 0. The Hall–Kier alpha value is -1.55. The van der Waals surface area contributed by atoms with Crippen LogP contribution in [0.2, 0.25) is 0 Å². The second-order valence-electron chi connectivity index (χ2n) is 4.49. The molecule has 0 aliphatic heterocycles. The minimum absolute atomic E-state index is 0.0591. The first kappa shape index (κ1) is 14.5. The third-order valence-corrected chi connectivity index (χ3v) is 3.10. The fourth-order valence-corrected chi connectivity index (χ4v) is 1.81. The number of hydrogen-bond acceptors (Lipinski definition) is 2. The number of carbonyl (C=O) groups is 1. The number of nitrogens with one attached hydrogen (secondary N) is 2. The summed E-state index contributed by atoms with van der Waals surface area (Å²) in [7, 11) is 3.69. The van der Waals surface area contributed by atoms with Crippen LogP contribution < -0.4 is 15.0 Å². The van der Waals surface area contributed by atoms with Gasteiger partial charge in [-0.25, -0.2) is 0 Å². The van der Waals surface area contributed by atoms with Crippen LogP contribution in [0.25, 0.3) is 0 Å². The SMILES string of the molecule is CCNC(=O)[C@H](C)[NH+](C)Cc1cccc(OC)c1. The molecule has 0 bridgehead atoms. The molecule has 0 radical (unpaired) electrons. The highest BCUT2D eigenvalue weighted by molar-refractivity contribution is 5.79. The van der Waals surface area contributed by atoms with Crippen LogP contribution >= 0.6 is 0 Å². The Balaban J connectivity index is 2.62. The molecule has 2 atom stereocenters. The van der Waals surface area contributed by atoms with Gasteiger partial charge in [-0.3, -0.25) is 4.79 Å². The van der Waals surface area contributed by atoms with Gasteiger partial charge in [0.1, 0.15) is 12.3 Å². The molecule has 4 nitrogen and oxygen atoms in total. The van der Waals surface area contributed by atoms with Crippen LogP contribution in [0.4, 0.5) is 0 Å². The predicted octanol–water partition coefficient (Wildman–Crippen LogP) is 0.235. The van der Waals surface area contributed by atoms with E-state index in [1.807, 2.05) is 39.1 Å². The molecule has 4 heteroatoms. The molecule has 0 aliphatic rings. The van der Waals surface area contributed by atoms with Gasteiger partial charge in [-0.2, -0.15) is 0 Å². The quantitative estimate of drug-likeness (QED) is 0.760. The van der Waals surface area contributed by atoms with Crippen LogP contribution in [0.1, 0.15) is 19.4 Å². The van der Waals surface area contributed by atoms with Crippen molar-refractivity contribution in [3.05, 3.63) is 29.8 Å². The van der Waals surface area contributed by atoms with Crippen molar-refractivity contribution in [3.63, 3.8) is 0 Å². The van der Waals surface area contributed by atoms with E-state index in [1.54, 1.807) is 7.11 Å². The maximum atomic E-state index is 11.7. The van der Waals surface area contributed by atoms with Crippen molar-refractivity contribution in [2.24, 2.45) is 0 Å². The van der Waals surface area contributed by atoms with Gasteiger partial charge in [-0.15, -0.1) is 0 Å². The molecule has 100 valence electrons. The van der Waals surface area contributed by atoms with Crippen LogP contribution in [-0.2, 0) is 11.3 Å². The second-order valence-corrected chi connectivity index (χ2v) is 4.49. The van der Waals surface area contributed by atoms with Crippen molar-refractivity contribution in [1.29, 1.82) is 0 Å². The smallest absolute Gasteiger partial charge is 0.278 e. The van der Waals surface area contributed by atoms with Crippen molar-refractivity contribution in [2.75, 3.05) is 20.7 Å². The molecule has 0 spiro atoms. The van der Waals surface area contributed by atoms with Crippen LogP contribution in [-0.4, -0.2) is 32.7 Å². The molecule has 0 saturated heterocycles. The normalized spacial score (nSPS) is 13.8. The van der Waals surface area contributed by atoms with Crippen LogP contribution in [0, 0.1) is 0 Å². The Morgan fingerprint density at radius 2 is 2.22 bits per heavy atom. The fraction of sp³-hybridized carbons (Fsp3) is 0.500. The maximum Gasteiger partial charge on any atom is 0.278 e. The summed E-state index contributed by atoms with van der Waals surface area (Å²) in [5.41, 5.74) is 1.17. The van der Waals surface area contributed by atoms with Gasteiger partial charge in [0.2, 0.25) is 0 Å². The molecule has 0 heterocycles. The summed E-state index contributed by atoms with van der Waals surface area (Å²) in [6.45, 7) is 5.35. The largest absolute Gasteiger partial charge is 0.497 e. The second kappa shape index (κ2) is 7.01. The van der Waals surface area contributed by atoms with Gasteiger partial charge in [0.15, 0.2) is 6.04 Å². The van der Waals surface area contributed by atoms with Gasteiger partial charge in [-0.1, -0.05) is 12.1 Å². The van der Waals surface area contributed by atoms with E-state index < -0.39 is 0 Å². The molecule has 0 aromatic heterocycles. The number of amides is 1. The third kappa shape index (κ3) is 4.04. The van der Waals surface area contributed by atoms with Crippen LogP contribution in [0.5, 0.6) is 5.75 Å². The summed E-state index contributed by atoms with van der Waals surface area (Å²) in [6, 6.07) is 7.89. The first-order valence-corrected chi connectivity index (χ1v) is 6.31. The zero-order valence-corrected chi connectivity index (χ0v) is 11.6. The molecule has 1 rings (SSSR count). The Kier molecular flexibility index (Phi) is 5.65. The van der Waals surface area contributed by atoms with E-state index in [1.165, 1.54) is 5.56 Å². The van der Waals surface area contributed by atoms with Crippen molar-refractivity contribution < 1.29 is 14.4 Å². The number of carbonyl (C=O) groups excluding carboxylic acids is 1. The lowest BCUT2D eigenvalue weighted by Gasteiger charge is -2.21. The lowest BCUT2D eigenvalue weighted by molar-refractivity contribution is -0.908. The van der Waals surface area contributed by atoms with E-state index in [-0.39, 0.29) is 11.9 Å². The molecule has 1 aromatic rings. The predicted molar refractivity (Wildman–Crippen MR) is 71.7 cm³/mol. The minimum Gasteiger partial charge on any atom is -0.497 e. The first-order chi connectivity index (χ1) is 8.58. The molecule has 0 aliphatic carbocycles. The lowest BCUT2D eigenvalue weighted by Crippen LogP contribution is -3.12. The summed E-state index contributed by atoms with van der Waals surface area (Å²) in [4.78, 5) is 12.9.